The maximum Gasteiger partial charge on any atom is 0.248 e. The van der Waals surface area contributed by atoms with Gasteiger partial charge in [-0.3, -0.25) is 19.2 Å². The molecule has 0 radical (unpaired) electrons. The third kappa shape index (κ3) is 6.08. The van der Waals surface area contributed by atoms with Crippen LogP contribution >= 0.6 is 0 Å². The first-order chi connectivity index (χ1) is 14.7. The predicted octanol–water partition coefficient (Wildman–Crippen LogP) is 2.04. The van der Waals surface area contributed by atoms with Gasteiger partial charge < -0.3 is 15.0 Å². The normalized spacial score (nSPS) is 18.9. The molecule has 2 aromatic rings. The third-order valence-electron chi connectivity index (χ3n) is 5.21. The van der Waals surface area contributed by atoms with E-state index in [9.17, 15) is 18.4 Å². The summed E-state index contributed by atoms with van der Waals surface area (Å²) < 4.78 is 34.4. The van der Waals surface area contributed by atoms with Crippen molar-refractivity contribution in [1.82, 2.24) is 19.6 Å². The average Bonchev–Trinajstić information content (AvgIpc) is 3.31. The number of carbonyl (C=O) groups is 2. The zero-order chi connectivity index (χ0) is 22.5. The van der Waals surface area contributed by atoms with Gasteiger partial charge in [-0.1, -0.05) is 6.07 Å². The number of amides is 2. The van der Waals surface area contributed by atoms with Gasteiger partial charge in [0.05, 0.1) is 24.5 Å². The van der Waals surface area contributed by atoms with Crippen molar-refractivity contribution in [3.8, 4) is 0 Å². The molecule has 0 aliphatic carbocycles. The fourth-order valence-electron chi connectivity index (χ4n) is 3.61. The summed E-state index contributed by atoms with van der Waals surface area (Å²) in [6.45, 7) is 2.74. The minimum atomic E-state index is -0.885. The lowest BCUT2D eigenvalue weighted by molar-refractivity contribution is -0.134. The molecule has 1 aromatic heterocycles. The van der Waals surface area contributed by atoms with Crippen molar-refractivity contribution >= 4 is 17.5 Å². The Morgan fingerprint density at radius 1 is 1.29 bits per heavy atom. The minimum Gasteiger partial charge on any atom is -0.370 e. The Balaban J connectivity index is 1.70. The first kappa shape index (κ1) is 22.8. The maximum atomic E-state index is 13.7. The van der Waals surface area contributed by atoms with Crippen LogP contribution in [0.4, 0.5) is 14.5 Å². The predicted molar refractivity (Wildman–Crippen MR) is 110 cm³/mol. The Labute approximate surface area is 179 Å². The summed E-state index contributed by atoms with van der Waals surface area (Å²) in [5.74, 6) is -2.08. The second kappa shape index (κ2) is 9.97. The van der Waals surface area contributed by atoms with Crippen molar-refractivity contribution < 1.29 is 23.1 Å². The Bertz CT molecular complexity index is 933. The maximum absolute atomic E-state index is 13.7. The van der Waals surface area contributed by atoms with Crippen molar-refractivity contribution in [2.75, 3.05) is 39.2 Å². The van der Waals surface area contributed by atoms with E-state index >= 15 is 0 Å². The summed E-state index contributed by atoms with van der Waals surface area (Å²) in [5.41, 5.74) is 1.25. The second-order valence-corrected chi connectivity index (χ2v) is 7.91. The molecule has 1 aliphatic rings. The van der Waals surface area contributed by atoms with Gasteiger partial charge in [0.25, 0.3) is 0 Å². The monoisotopic (exact) mass is 435 g/mol. The molecule has 3 rings (SSSR count). The number of rotatable bonds is 8. The number of hydrogen-bond donors (Lipinski definition) is 1. The Hall–Kier alpha value is -2.85. The molecule has 10 heteroatoms. The minimum absolute atomic E-state index is 0.00551. The highest BCUT2D eigenvalue weighted by atomic mass is 19.2. The van der Waals surface area contributed by atoms with Crippen LogP contribution in [0.3, 0.4) is 0 Å². The van der Waals surface area contributed by atoms with Crippen LogP contribution in [0.5, 0.6) is 0 Å². The van der Waals surface area contributed by atoms with Crippen molar-refractivity contribution in [3.63, 3.8) is 0 Å². The SMILES string of the molecule is CC(=O)Nc1cnn([C@H]2C[C@@H](COCC(=O)N(C)C)N(Cc3ccc(F)c(F)c3)C2)c1. The Morgan fingerprint density at radius 3 is 2.74 bits per heavy atom. The summed E-state index contributed by atoms with van der Waals surface area (Å²) >= 11 is 0. The van der Waals surface area contributed by atoms with Gasteiger partial charge in [-0.25, -0.2) is 8.78 Å². The molecule has 168 valence electrons. The van der Waals surface area contributed by atoms with Gasteiger partial charge >= 0.3 is 0 Å². The number of likely N-dealkylation sites (N-methyl/N-ethyl adjacent to an activating group) is 1. The van der Waals surface area contributed by atoms with Crippen LogP contribution < -0.4 is 5.32 Å². The fraction of sp³-hybridized carbons (Fsp3) is 0.476. The van der Waals surface area contributed by atoms with E-state index in [1.165, 1.54) is 17.9 Å². The first-order valence-electron chi connectivity index (χ1n) is 10.0. The Morgan fingerprint density at radius 2 is 2.06 bits per heavy atom. The smallest absolute Gasteiger partial charge is 0.248 e. The van der Waals surface area contributed by atoms with E-state index in [2.05, 4.69) is 15.3 Å². The average molecular weight is 435 g/mol. The lowest BCUT2D eigenvalue weighted by Gasteiger charge is -2.24. The van der Waals surface area contributed by atoms with E-state index in [1.807, 2.05) is 0 Å². The van der Waals surface area contributed by atoms with E-state index in [0.717, 1.165) is 6.07 Å². The highest BCUT2D eigenvalue weighted by Crippen LogP contribution is 2.29. The molecule has 1 aliphatic heterocycles. The lowest BCUT2D eigenvalue weighted by Crippen LogP contribution is -2.34. The van der Waals surface area contributed by atoms with Crippen molar-refractivity contribution in [2.24, 2.45) is 0 Å². The zero-order valence-electron chi connectivity index (χ0n) is 17.8. The highest BCUT2D eigenvalue weighted by Gasteiger charge is 2.34. The fourth-order valence-corrected chi connectivity index (χ4v) is 3.61. The molecule has 2 amide bonds. The van der Waals surface area contributed by atoms with Crippen LogP contribution in [0.15, 0.2) is 30.6 Å². The molecular weight excluding hydrogens is 408 g/mol. The molecule has 0 saturated carbocycles. The number of halogens is 2. The largest absolute Gasteiger partial charge is 0.370 e. The standard InChI is InChI=1S/C21H27F2N5O3/c1-14(29)25-16-8-24-28(10-16)17-7-18(12-31-13-21(30)26(2)3)27(11-17)9-15-4-5-19(22)20(23)6-15/h4-6,8,10,17-18H,7,9,11-13H2,1-3H3,(H,25,29)/t17-,18-/m0/s1. The Kier molecular flexibility index (Phi) is 7.34. The van der Waals surface area contributed by atoms with Crippen LogP contribution in [-0.4, -0.2) is 71.3 Å². The number of nitrogens with zero attached hydrogens (tertiary/aromatic N) is 4. The van der Waals surface area contributed by atoms with Gasteiger partial charge in [0, 0.05) is 46.3 Å². The lowest BCUT2D eigenvalue weighted by atomic mass is 10.1. The van der Waals surface area contributed by atoms with Crippen molar-refractivity contribution in [2.45, 2.75) is 32.0 Å². The molecule has 8 nitrogen and oxygen atoms in total. The van der Waals surface area contributed by atoms with E-state index in [4.69, 9.17) is 4.74 Å². The van der Waals surface area contributed by atoms with Crippen LogP contribution in [0.1, 0.15) is 24.9 Å². The molecule has 1 fully saturated rings. The molecule has 2 heterocycles. The van der Waals surface area contributed by atoms with Crippen LogP contribution in [0, 0.1) is 11.6 Å². The molecule has 2 atom stereocenters. The summed E-state index contributed by atoms with van der Waals surface area (Å²) in [7, 11) is 3.33. The summed E-state index contributed by atoms with van der Waals surface area (Å²) in [4.78, 5) is 26.6. The molecule has 1 saturated heterocycles. The highest BCUT2D eigenvalue weighted by molar-refractivity contribution is 5.88. The molecule has 0 spiro atoms. The summed E-state index contributed by atoms with van der Waals surface area (Å²) in [5, 5.41) is 7.05. The summed E-state index contributed by atoms with van der Waals surface area (Å²) in [6.07, 6.45) is 4.04. The molecule has 31 heavy (non-hydrogen) atoms. The molecular formula is C21H27F2N5O3. The van der Waals surface area contributed by atoms with E-state index in [0.29, 0.717) is 37.4 Å². The second-order valence-electron chi connectivity index (χ2n) is 7.91. The number of carbonyl (C=O) groups excluding carboxylic acids is 2. The molecule has 0 unspecified atom stereocenters. The molecule has 1 N–H and O–H groups in total. The van der Waals surface area contributed by atoms with E-state index in [1.54, 1.807) is 37.2 Å². The van der Waals surface area contributed by atoms with Gasteiger partial charge in [-0.15, -0.1) is 0 Å². The molecule has 0 bridgehead atoms. The van der Waals surface area contributed by atoms with E-state index in [-0.39, 0.29) is 30.5 Å². The number of nitrogens with one attached hydrogen (secondary N) is 1. The van der Waals surface area contributed by atoms with Crippen LogP contribution in [0.2, 0.25) is 0 Å². The van der Waals surface area contributed by atoms with Crippen LogP contribution in [0.25, 0.3) is 0 Å². The number of likely N-dealkylation sites (tertiary alicyclic amines) is 1. The number of benzene rings is 1. The quantitative estimate of drug-likeness (QED) is 0.687. The molecule has 1 aromatic carbocycles. The van der Waals surface area contributed by atoms with Gasteiger partial charge in [0.15, 0.2) is 11.6 Å². The van der Waals surface area contributed by atoms with Crippen molar-refractivity contribution in [3.05, 3.63) is 47.8 Å². The number of ether oxygens (including phenoxy) is 1. The first-order valence-corrected chi connectivity index (χ1v) is 10.0. The van der Waals surface area contributed by atoms with Gasteiger partial charge in [-0.2, -0.15) is 5.10 Å². The van der Waals surface area contributed by atoms with Crippen molar-refractivity contribution in [1.29, 1.82) is 0 Å². The zero-order valence-corrected chi connectivity index (χ0v) is 17.8. The number of anilines is 1. The van der Waals surface area contributed by atoms with Gasteiger partial charge in [-0.05, 0) is 24.1 Å². The van der Waals surface area contributed by atoms with E-state index < -0.39 is 11.6 Å². The topological polar surface area (TPSA) is 79.7 Å². The van der Waals surface area contributed by atoms with Gasteiger partial charge in [0.1, 0.15) is 6.61 Å². The summed E-state index contributed by atoms with van der Waals surface area (Å²) in [6, 6.07) is 3.83. The third-order valence-corrected chi connectivity index (χ3v) is 5.21. The number of aromatic nitrogens is 2. The van der Waals surface area contributed by atoms with Crippen LogP contribution in [-0.2, 0) is 20.9 Å². The number of hydrogen-bond acceptors (Lipinski definition) is 5. The van der Waals surface area contributed by atoms with Gasteiger partial charge in [0.2, 0.25) is 11.8 Å².